The van der Waals surface area contributed by atoms with Gasteiger partial charge in [0.05, 0.1) is 12.3 Å². The second-order valence-corrected chi connectivity index (χ2v) is 7.73. The minimum Gasteiger partial charge on any atom is -0.494 e. The van der Waals surface area contributed by atoms with Crippen LogP contribution in [0.1, 0.15) is 34.2 Å². The molecule has 1 heterocycles. The van der Waals surface area contributed by atoms with E-state index in [0.717, 1.165) is 29.2 Å². The summed E-state index contributed by atoms with van der Waals surface area (Å²) in [6, 6.07) is 14.2. The van der Waals surface area contributed by atoms with Crippen molar-refractivity contribution in [2.24, 2.45) is 12.0 Å². The Balaban J connectivity index is 1.76. The maximum absolute atomic E-state index is 12.7. The minimum absolute atomic E-state index is 0.271. The lowest BCUT2D eigenvalue weighted by atomic mass is 10.1. The van der Waals surface area contributed by atoms with Gasteiger partial charge in [-0.1, -0.05) is 11.6 Å². The van der Waals surface area contributed by atoms with Crippen molar-refractivity contribution in [1.82, 2.24) is 15.1 Å². The van der Waals surface area contributed by atoms with Gasteiger partial charge in [0.15, 0.2) is 0 Å². The summed E-state index contributed by atoms with van der Waals surface area (Å²) in [7, 11) is 1.93. The molecule has 2 aromatic carbocycles. The predicted molar refractivity (Wildman–Crippen MR) is 129 cm³/mol. The molecule has 0 radical (unpaired) electrons. The van der Waals surface area contributed by atoms with Crippen LogP contribution in [0, 0.1) is 13.8 Å². The van der Waals surface area contributed by atoms with Crippen LogP contribution in [0.3, 0.4) is 0 Å². The summed E-state index contributed by atoms with van der Waals surface area (Å²) in [6.45, 7) is 7.07. The van der Waals surface area contributed by atoms with Crippen LogP contribution < -0.4 is 15.4 Å². The normalized spacial score (nSPS) is 11.3. The maximum atomic E-state index is 12.7. The molecule has 0 atom stereocenters. The van der Waals surface area contributed by atoms with E-state index in [1.807, 2.05) is 56.8 Å². The largest absolute Gasteiger partial charge is 0.494 e. The lowest BCUT2D eigenvalue weighted by molar-refractivity contribution is 0.0977. The molecule has 7 nitrogen and oxygen atoms in total. The predicted octanol–water partition coefficient (Wildman–Crippen LogP) is 4.53. The van der Waals surface area contributed by atoms with Gasteiger partial charge in [-0.3, -0.25) is 19.8 Å². The molecule has 0 aliphatic carbocycles. The lowest BCUT2D eigenvalue weighted by Crippen LogP contribution is -2.36. The van der Waals surface area contributed by atoms with Gasteiger partial charge in [-0.15, -0.1) is 0 Å². The number of carbonyl (C=O) groups excluding carboxylic acids is 1. The second kappa shape index (κ2) is 10.8. The van der Waals surface area contributed by atoms with Crippen molar-refractivity contribution in [3.63, 3.8) is 0 Å². The zero-order chi connectivity index (χ0) is 23.1. The van der Waals surface area contributed by atoms with Gasteiger partial charge in [0.1, 0.15) is 5.75 Å². The fraction of sp³-hybridized carbons (Fsp3) is 0.292. The molecule has 0 spiro atoms. The summed E-state index contributed by atoms with van der Waals surface area (Å²) in [5, 5.41) is 11.1. The van der Waals surface area contributed by atoms with Crippen LogP contribution in [0.4, 0.5) is 5.69 Å². The molecule has 1 amide bonds. The van der Waals surface area contributed by atoms with E-state index in [0.29, 0.717) is 29.7 Å². The Bertz CT molecular complexity index is 1090. The first-order valence-corrected chi connectivity index (χ1v) is 10.9. The van der Waals surface area contributed by atoms with E-state index < -0.39 is 0 Å². The van der Waals surface area contributed by atoms with Gasteiger partial charge >= 0.3 is 0 Å². The number of hydrogen-bond donors (Lipinski definition) is 2. The standard InChI is InChI=1S/C24H28ClN5O2/c1-5-32-21-12-10-20(11-13-21)27-24(28-23(31)18-6-8-19(25)9-7-18)26-15-14-22-16(2)29-30(4)17(22)3/h6-13H,5,14-15H2,1-4H3,(H2,26,27,28,31). The molecule has 0 unspecified atom stereocenters. The fourth-order valence-corrected chi connectivity index (χ4v) is 3.41. The summed E-state index contributed by atoms with van der Waals surface area (Å²) < 4.78 is 7.36. The number of benzene rings is 2. The molecule has 8 heteroatoms. The summed E-state index contributed by atoms with van der Waals surface area (Å²) in [4.78, 5) is 17.4. The molecule has 168 valence electrons. The SMILES string of the molecule is CCOc1ccc(NC(=NCCc2c(C)nn(C)c2C)NC(=O)c2ccc(Cl)cc2)cc1. The van der Waals surface area contributed by atoms with E-state index >= 15 is 0 Å². The molecule has 0 saturated carbocycles. The Labute approximate surface area is 193 Å². The number of ether oxygens (including phenoxy) is 1. The van der Waals surface area contributed by atoms with Crippen LogP contribution >= 0.6 is 11.6 Å². The number of aliphatic imine (C=N–C) groups is 1. The van der Waals surface area contributed by atoms with Crippen molar-refractivity contribution >= 4 is 29.2 Å². The highest BCUT2D eigenvalue weighted by atomic mass is 35.5. The summed E-state index contributed by atoms with van der Waals surface area (Å²) in [5.41, 5.74) is 4.56. The van der Waals surface area contributed by atoms with Gasteiger partial charge in [0, 0.05) is 35.6 Å². The summed E-state index contributed by atoms with van der Waals surface area (Å²) in [5.74, 6) is 0.880. The highest BCUT2D eigenvalue weighted by Gasteiger charge is 2.12. The third-order valence-electron chi connectivity index (χ3n) is 5.06. The van der Waals surface area contributed by atoms with Gasteiger partial charge in [-0.05, 0) is 81.3 Å². The first kappa shape index (κ1) is 23.3. The molecular weight excluding hydrogens is 426 g/mol. The Kier molecular flexibility index (Phi) is 7.89. The van der Waals surface area contributed by atoms with E-state index in [2.05, 4.69) is 20.7 Å². The zero-order valence-electron chi connectivity index (χ0n) is 18.8. The quantitative estimate of drug-likeness (QED) is 0.407. The van der Waals surface area contributed by atoms with Crippen LogP contribution in [-0.4, -0.2) is 34.8 Å². The molecule has 0 fully saturated rings. The highest BCUT2D eigenvalue weighted by Crippen LogP contribution is 2.16. The molecule has 3 rings (SSSR count). The average molecular weight is 454 g/mol. The smallest absolute Gasteiger partial charge is 0.257 e. The van der Waals surface area contributed by atoms with Crippen LogP contribution in [0.15, 0.2) is 53.5 Å². The van der Waals surface area contributed by atoms with Gasteiger partial charge in [-0.25, -0.2) is 0 Å². The van der Waals surface area contributed by atoms with E-state index in [-0.39, 0.29) is 5.91 Å². The summed E-state index contributed by atoms with van der Waals surface area (Å²) >= 11 is 5.93. The Morgan fingerprint density at radius 2 is 1.81 bits per heavy atom. The van der Waals surface area contributed by atoms with E-state index in [1.54, 1.807) is 24.3 Å². The Morgan fingerprint density at radius 1 is 1.12 bits per heavy atom. The lowest BCUT2D eigenvalue weighted by Gasteiger charge is -2.13. The monoisotopic (exact) mass is 453 g/mol. The van der Waals surface area contributed by atoms with Crippen molar-refractivity contribution < 1.29 is 9.53 Å². The molecule has 32 heavy (non-hydrogen) atoms. The molecule has 0 bridgehead atoms. The number of nitrogens with zero attached hydrogens (tertiary/aromatic N) is 3. The molecule has 0 saturated heterocycles. The second-order valence-electron chi connectivity index (χ2n) is 7.30. The number of aryl methyl sites for hydroxylation is 2. The number of halogens is 1. The number of amides is 1. The first-order valence-electron chi connectivity index (χ1n) is 10.5. The summed E-state index contributed by atoms with van der Waals surface area (Å²) in [6.07, 6.45) is 0.719. The number of guanidine groups is 1. The van der Waals surface area contributed by atoms with Crippen LogP contribution in [0.2, 0.25) is 5.02 Å². The van der Waals surface area contributed by atoms with Crippen LogP contribution in [0.5, 0.6) is 5.75 Å². The Morgan fingerprint density at radius 3 is 2.41 bits per heavy atom. The number of nitrogens with one attached hydrogen (secondary N) is 2. The van der Waals surface area contributed by atoms with Crippen molar-refractivity contribution in [2.45, 2.75) is 27.2 Å². The van der Waals surface area contributed by atoms with E-state index in [4.69, 9.17) is 16.3 Å². The molecule has 1 aromatic heterocycles. The number of rotatable bonds is 7. The van der Waals surface area contributed by atoms with Gasteiger partial charge in [0.2, 0.25) is 5.96 Å². The highest BCUT2D eigenvalue weighted by molar-refractivity contribution is 6.30. The van der Waals surface area contributed by atoms with Crippen LogP contribution in [0.25, 0.3) is 0 Å². The third kappa shape index (κ3) is 6.11. The maximum Gasteiger partial charge on any atom is 0.257 e. The topological polar surface area (TPSA) is 80.5 Å². The molecule has 0 aliphatic rings. The molecule has 2 N–H and O–H groups in total. The third-order valence-corrected chi connectivity index (χ3v) is 5.31. The van der Waals surface area contributed by atoms with Crippen molar-refractivity contribution in [3.8, 4) is 5.75 Å². The number of anilines is 1. The number of aromatic nitrogens is 2. The van der Waals surface area contributed by atoms with Crippen molar-refractivity contribution in [1.29, 1.82) is 0 Å². The van der Waals surface area contributed by atoms with Gasteiger partial charge in [0.25, 0.3) is 5.91 Å². The number of carbonyl (C=O) groups is 1. The molecule has 3 aromatic rings. The average Bonchev–Trinajstić information content (AvgIpc) is 3.01. The minimum atomic E-state index is -0.271. The van der Waals surface area contributed by atoms with Gasteiger partial charge in [-0.2, -0.15) is 5.10 Å². The van der Waals surface area contributed by atoms with Crippen molar-refractivity contribution in [3.05, 3.63) is 76.1 Å². The molecular formula is C24H28ClN5O2. The van der Waals surface area contributed by atoms with Gasteiger partial charge < -0.3 is 10.1 Å². The van der Waals surface area contributed by atoms with Crippen LogP contribution in [-0.2, 0) is 13.5 Å². The van der Waals surface area contributed by atoms with Crippen molar-refractivity contribution in [2.75, 3.05) is 18.5 Å². The Hall–Kier alpha value is -3.32. The van der Waals surface area contributed by atoms with E-state index in [9.17, 15) is 4.79 Å². The van der Waals surface area contributed by atoms with E-state index in [1.165, 1.54) is 5.56 Å². The molecule has 0 aliphatic heterocycles. The fourth-order valence-electron chi connectivity index (χ4n) is 3.29. The first-order chi connectivity index (χ1) is 15.4. The zero-order valence-corrected chi connectivity index (χ0v) is 19.5. The number of hydrogen-bond acceptors (Lipinski definition) is 4.